The zero-order chi connectivity index (χ0) is 18.1. The first-order chi connectivity index (χ1) is 13.3. The third-order valence-electron chi connectivity index (χ3n) is 5.12. The third-order valence-corrected chi connectivity index (χ3v) is 5.12. The Morgan fingerprint density at radius 2 is 1.30 bits per heavy atom. The van der Waals surface area contributed by atoms with Crippen LogP contribution in [0.2, 0.25) is 0 Å². The first-order valence-electron chi connectivity index (χ1n) is 9.27. The Morgan fingerprint density at radius 1 is 0.704 bits per heavy atom. The lowest BCUT2D eigenvalue weighted by Crippen LogP contribution is -2.47. The maximum absolute atomic E-state index is 3.73. The van der Waals surface area contributed by atoms with Crippen molar-refractivity contribution in [1.82, 2.24) is 4.98 Å². The largest absolute Gasteiger partial charge is 0.359 e. The van der Waals surface area contributed by atoms with E-state index in [1.54, 1.807) is 0 Å². The minimum atomic E-state index is -0.402. The third kappa shape index (κ3) is 2.97. The van der Waals surface area contributed by atoms with Gasteiger partial charge in [0.1, 0.15) is 5.66 Å². The normalized spacial score (nSPS) is 14.7. The molecule has 0 saturated heterocycles. The Kier molecular flexibility index (Phi) is 3.72. The van der Waals surface area contributed by atoms with E-state index < -0.39 is 5.66 Å². The van der Waals surface area contributed by atoms with Gasteiger partial charge in [-0.25, -0.2) is 0 Å². The molecule has 0 bridgehead atoms. The molecule has 5 rings (SSSR count). The number of benzene rings is 3. The molecule has 132 valence electrons. The number of aromatic nitrogens is 1. The number of rotatable bonds is 4. The Bertz CT molecular complexity index is 1050. The highest BCUT2D eigenvalue weighted by molar-refractivity contribution is 5.88. The molecule has 1 aliphatic rings. The van der Waals surface area contributed by atoms with Crippen molar-refractivity contribution < 1.29 is 0 Å². The van der Waals surface area contributed by atoms with Crippen molar-refractivity contribution in [2.24, 2.45) is 0 Å². The molecule has 0 radical (unpaired) electrons. The second kappa shape index (κ2) is 6.36. The molecule has 3 aromatic carbocycles. The monoisotopic (exact) mass is 351 g/mol. The first-order valence-corrected chi connectivity index (χ1v) is 9.27. The summed E-state index contributed by atoms with van der Waals surface area (Å²) in [6, 6.07) is 29.2. The summed E-state index contributed by atoms with van der Waals surface area (Å²) in [6.07, 6.45) is 5.25. The highest BCUT2D eigenvalue weighted by Gasteiger charge is 2.32. The number of hydrogen-bond acceptors (Lipinski definition) is 2. The second-order valence-corrected chi connectivity index (χ2v) is 7.03. The maximum Gasteiger partial charge on any atom is 0.132 e. The summed E-state index contributed by atoms with van der Waals surface area (Å²) in [6.45, 7) is 0. The van der Waals surface area contributed by atoms with Crippen LogP contribution in [-0.4, -0.2) is 10.6 Å². The van der Waals surface area contributed by atoms with Crippen molar-refractivity contribution >= 4 is 28.4 Å². The van der Waals surface area contributed by atoms with Crippen LogP contribution in [0.4, 0.5) is 11.4 Å². The van der Waals surface area contributed by atoms with Crippen molar-refractivity contribution in [3.05, 3.63) is 102 Å². The topological polar surface area (TPSA) is 39.8 Å². The fourth-order valence-electron chi connectivity index (χ4n) is 3.88. The first kappa shape index (κ1) is 15.8. The van der Waals surface area contributed by atoms with E-state index in [1.165, 1.54) is 22.2 Å². The molecule has 0 saturated carbocycles. The van der Waals surface area contributed by atoms with Crippen molar-refractivity contribution in [1.29, 1.82) is 0 Å². The minimum Gasteiger partial charge on any atom is -0.359 e. The molecule has 1 heterocycles. The van der Waals surface area contributed by atoms with E-state index in [-0.39, 0.29) is 0 Å². The van der Waals surface area contributed by atoms with E-state index in [0.717, 1.165) is 17.8 Å². The molecule has 1 aromatic heterocycles. The summed E-state index contributed by atoms with van der Waals surface area (Å²) in [5, 5.41) is 8.74. The zero-order valence-electron chi connectivity index (χ0n) is 14.9. The Labute approximate surface area is 158 Å². The Morgan fingerprint density at radius 3 is 1.96 bits per heavy atom. The van der Waals surface area contributed by atoms with Gasteiger partial charge in [-0.2, -0.15) is 0 Å². The fourth-order valence-corrected chi connectivity index (χ4v) is 3.88. The van der Waals surface area contributed by atoms with Gasteiger partial charge in [0.2, 0.25) is 0 Å². The molecule has 0 amide bonds. The predicted molar refractivity (Wildman–Crippen MR) is 114 cm³/mol. The Balaban J connectivity index is 1.58. The summed E-state index contributed by atoms with van der Waals surface area (Å²) in [5.41, 5.74) is 5.49. The lowest BCUT2D eigenvalue weighted by Gasteiger charge is -2.37. The molecular weight excluding hydrogens is 330 g/mol. The van der Waals surface area contributed by atoms with Gasteiger partial charge in [-0.15, -0.1) is 0 Å². The van der Waals surface area contributed by atoms with Gasteiger partial charge in [0, 0.05) is 34.4 Å². The molecule has 0 unspecified atom stereocenters. The fraction of sp³-hybridized carbons (Fsp3) is 0.0833. The Hall–Kier alpha value is -3.46. The van der Waals surface area contributed by atoms with Gasteiger partial charge in [0.25, 0.3) is 0 Å². The van der Waals surface area contributed by atoms with Crippen LogP contribution in [0.25, 0.3) is 17.0 Å². The molecule has 3 nitrogen and oxygen atoms in total. The van der Waals surface area contributed by atoms with Crippen molar-refractivity contribution in [3.8, 4) is 0 Å². The van der Waals surface area contributed by atoms with Crippen LogP contribution < -0.4 is 10.6 Å². The van der Waals surface area contributed by atoms with Crippen LogP contribution in [0.1, 0.15) is 11.3 Å². The smallest absolute Gasteiger partial charge is 0.132 e. The van der Waals surface area contributed by atoms with E-state index in [1.807, 2.05) is 12.1 Å². The second-order valence-electron chi connectivity index (χ2n) is 7.03. The van der Waals surface area contributed by atoms with Crippen LogP contribution in [0, 0.1) is 0 Å². The van der Waals surface area contributed by atoms with Gasteiger partial charge in [-0.3, -0.25) is 0 Å². The zero-order valence-corrected chi connectivity index (χ0v) is 14.9. The standard InChI is InChI=1S/C24H21N3/c1-3-9-18(10-4-1)26-24(27-19-11-5-2-6-12-19)16-15-23-21(17-24)20-13-7-8-14-22(20)25-23/h1-16,25-27H,17H2. The number of aromatic amines is 1. The quantitative estimate of drug-likeness (QED) is 0.415. The highest BCUT2D eigenvalue weighted by atomic mass is 15.2. The molecule has 3 heteroatoms. The van der Waals surface area contributed by atoms with Gasteiger partial charge in [0.15, 0.2) is 0 Å². The average molecular weight is 351 g/mol. The minimum absolute atomic E-state index is 0.402. The molecule has 0 fully saturated rings. The van der Waals surface area contributed by atoms with E-state index in [9.17, 15) is 0 Å². The summed E-state index contributed by atoms with van der Waals surface area (Å²) >= 11 is 0. The van der Waals surface area contributed by atoms with Crippen LogP contribution in [0.5, 0.6) is 0 Å². The number of nitrogens with one attached hydrogen (secondary N) is 3. The lowest BCUT2D eigenvalue weighted by molar-refractivity contribution is 0.646. The molecule has 27 heavy (non-hydrogen) atoms. The predicted octanol–water partition coefficient (Wildman–Crippen LogP) is 5.66. The number of para-hydroxylation sites is 3. The lowest BCUT2D eigenvalue weighted by atomic mass is 9.90. The average Bonchev–Trinajstić information content (AvgIpc) is 3.07. The molecule has 4 aromatic rings. The molecular formula is C24H21N3. The molecule has 0 atom stereocenters. The van der Waals surface area contributed by atoms with Crippen LogP contribution >= 0.6 is 0 Å². The van der Waals surface area contributed by atoms with E-state index in [2.05, 4.69) is 101 Å². The van der Waals surface area contributed by atoms with Gasteiger partial charge >= 0.3 is 0 Å². The number of hydrogen-bond donors (Lipinski definition) is 3. The molecule has 3 N–H and O–H groups in total. The van der Waals surface area contributed by atoms with Gasteiger partial charge in [0.05, 0.1) is 0 Å². The van der Waals surface area contributed by atoms with Crippen molar-refractivity contribution in [3.63, 3.8) is 0 Å². The molecule has 0 spiro atoms. The molecule has 0 aliphatic heterocycles. The van der Waals surface area contributed by atoms with Gasteiger partial charge < -0.3 is 15.6 Å². The number of anilines is 2. The summed E-state index contributed by atoms with van der Waals surface area (Å²) in [5.74, 6) is 0. The highest BCUT2D eigenvalue weighted by Crippen LogP contribution is 2.34. The van der Waals surface area contributed by atoms with Crippen LogP contribution in [0.3, 0.4) is 0 Å². The maximum atomic E-state index is 3.73. The SMILES string of the molecule is C1=CC(Nc2ccccc2)(Nc2ccccc2)Cc2c1[nH]c1ccccc21. The summed E-state index contributed by atoms with van der Waals surface area (Å²) < 4.78 is 0. The van der Waals surface area contributed by atoms with Crippen molar-refractivity contribution in [2.75, 3.05) is 10.6 Å². The van der Waals surface area contributed by atoms with Gasteiger partial charge in [-0.1, -0.05) is 54.6 Å². The van der Waals surface area contributed by atoms with E-state index in [0.29, 0.717) is 0 Å². The van der Waals surface area contributed by atoms with Crippen LogP contribution in [0.15, 0.2) is 91.0 Å². The summed E-state index contributed by atoms with van der Waals surface area (Å²) in [7, 11) is 0. The van der Waals surface area contributed by atoms with E-state index >= 15 is 0 Å². The molecule has 1 aliphatic carbocycles. The van der Waals surface area contributed by atoms with Gasteiger partial charge in [-0.05, 0) is 48.0 Å². The van der Waals surface area contributed by atoms with Crippen LogP contribution in [-0.2, 0) is 6.42 Å². The number of H-pyrrole nitrogens is 1. The van der Waals surface area contributed by atoms with Crippen molar-refractivity contribution in [2.45, 2.75) is 12.1 Å². The summed E-state index contributed by atoms with van der Waals surface area (Å²) in [4.78, 5) is 3.54. The van der Waals surface area contributed by atoms with E-state index in [4.69, 9.17) is 0 Å². The number of fused-ring (bicyclic) bond motifs is 3.